The largest absolute Gasteiger partial charge is 0.492 e. The first kappa shape index (κ1) is 17.0. The number of nitrogens with one attached hydrogen (secondary N) is 1. The van der Waals surface area contributed by atoms with Crippen molar-refractivity contribution in [2.24, 2.45) is 0 Å². The third-order valence-corrected chi connectivity index (χ3v) is 7.00. The van der Waals surface area contributed by atoms with E-state index in [0.717, 1.165) is 12.3 Å². The monoisotopic (exact) mass is 326 g/mol. The van der Waals surface area contributed by atoms with Crippen molar-refractivity contribution >= 4 is 23.5 Å². The number of aromatic nitrogens is 1. The molecule has 3 nitrogen and oxygen atoms in total. The third-order valence-electron chi connectivity index (χ3n) is 3.65. The predicted molar refractivity (Wildman–Crippen MR) is 94.6 cm³/mol. The maximum atomic E-state index is 5.61. The number of thioether (sulfide) groups is 2. The molecule has 5 heteroatoms. The van der Waals surface area contributed by atoms with Crippen LogP contribution in [0.15, 0.2) is 18.5 Å². The Morgan fingerprint density at radius 2 is 2.10 bits per heavy atom. The highest BCUT2D eigenvalue weighted by Gasteiger charge is 2.32. The molecule has 21 heavy (non-hydrogen) atoms. The molecule has 0 radical (unpaired) electrons. The summed E-state index contributed by atoms with van der Waals surface area (Å²) in [5.74, 6) is 3.39. The number of nitrogens with zero attached hydrogens (tertiary/aromatic N) is 1. The van der Waals surface area contributed by atoms with Crippen LogP contribution in [0.25, 0.3) is 0 Å². The van der Waals surface area contributed by atoms with E-state index >= 15 is 0 Å². The van der Waals surface area contributed by atoms with E-state index in [4.69, 9.17) is 4.74 Å². The molecule has 1 saturated heterocycles. The van der Waals surface area contributed by atoms with Gasteiger partial charge in [-0.05, 0) is 31.5 Å². The lowest BCUT2D eigenvalue weighted by molar-refractivity contribution is 0.337. The molecule has 0 saturated carbocycles. The summed E-state index contributed by atoms with van der Waals surface area (Å²) in [6.45, 7) is 8.14. The van der Waals surface area contributed by atoms with Gasteiger partial charge >= 0.3 is 0 Å². The van der Waals surface area contributed by atoms with Crippen molar-refractivity contribution in [2.45, 2.75) is 43.7 Å². The Bertz CT molecular complexity index is 430. The molecule has 1 aromatic rings. The second-order valence-electron chi connectivity index (χ2n) is 5.08. The molecular weight excluding hydrogens is 300 g/mol. The Labute approximate surface area is 137 Å². The molecule has 0 aliphatic carbocycles. The first-order valence-corrected chi connectivity index (χ1v) is 9.94. The molecule has 0 spiro atoms. The highest BCUT2D eigenvalue weighted by atomic mass is 32.2. The molecule has 0 amide bonds. The van der Waals surface area contributed by atoms with Crippen LogP contribution in [0.3, 0.4) is 0 Å². The molecule has 2 rings (SSSR count). The van der Waals surface area contributed by atoms with Gasteiger partial charge in [0.05, 0.1) is 12.8 Å². The summed E-state index contributed by atoms with van der Waals surface area (Å²) in [6.07, 6.45) is 5.02. The molecule has 0 bridgehead atoms. The van der Waals surface area contributed by atoms with Crippen LogP contribution in [0.2, 0.25) is 0 Å². The second kappa shape index (κ2) is 8.91. The van der Waals surface area contributed by atoms with Crippen molar-refractivity contribution < 1.29 is 4.74 Å². The van der Waals surface area contributed by atoms with Crippen LogP contribution < -0.4 is 10.1 Å². The molecule has 1 fully saturated rings. The lowest BCUT2D eigenvalue weighted by atomic mass is 10.0. The summed E-state index contributed by atoms with van der Waals surface area (Å²) < 4.78 is 5.61. The number of hydrogen-bond acceptors (Lipinski definition) is 5. The van der Waals surface area contributed by atoms with E-state index in [-0.39, 0.29) is 0 Å². The number of hydrogen-bond donors (Lipinski definition) is 1. The highest BCUT2D eigenvalue weighted by molar-refractivity contribution is 8.07. The first-order valence-electron chi connectivity index (χ1n) is 7.84. The van der Waals surface area contributed by atoms with E-state index in [1.807, 2.05) is 13.1 Å². The zero-order chi connectivity index (χ0) is 15.1. The van der Waals surface area contributed by atoms with Gasteiger partial charge in [0, 0.05) is 34.2 Å². The van der Waals surface area contributed by atoms with Crippen LogP contribution in [-0.4, -0.2) is 40.1 Å². The van der Waals surface area contributed by atoms with Gasteiger partial charge in [-0.25, -0.2) is 0 Å². The van der Waals surface area contributed by atoms with Crippen molar-refractivity contribution in [1.29, 1.82) is 0 Å². The van der Waals surface area contributed by atoms with Crippen LogP contribution >= 0.6 is 23.5 Å². The quantitative estimate of drug-likeness (QED) is 0.825. The summed E-state index contributed by atoms with van der Waals surface area (Å²) in [5.41, 5.74) is 1.25. The zero-order valence-electron chi connectivity index (χ0n) is 13.2. The van der Waals surface area contributed by atoms with Crippen molar-refractivity contribution in [2.75, 3.05) is 24.7 Å². The van der Waals surface area contributed by atoms with E-state index in [0.29, 0.717) is 23.1 Å². The molecule has 1 aliphatic rings. The van der Waals surface area contributed by atoms with E-state index in [1.54, 1.807) is 6.20 Å². The minimum absolute atomic E-state index is 0.352. The minimum atomic E-state index is 0.352. The normalized spacial score (nSPS) is 23.8. The standard InChI is InChI=1S/C16H26N2OS2/c1-4-14-16(21-8-7-20-14)15(18-5-2)12-9-13(19-6-3)11-17-10-12/h9-11,14-16,18H,4-8H2,1-3H3. The van der Waals surface area contributed by atoms with E-state index in [9.17, 15) is 0 Å². The Kier molecular flexibility index (Phi) is 7.20. The van der Waals surface area contributed by atoms with Crippen LogP contribution in [0.1, 0.15) is 38.8 Å². The average molecular weight is 327 g/mol. The SMILES string of the molecule is CCNC(c1cncc(OCC)c1)C1SCCSC1CC. The molecule has 1 aromatic heterocycles. The minimum Gasteiger partial charge on any atom is -0.492 e. The van der Waals surface area contributed by atoms with Crippen LogP contribution in [0.5, 0.6) is 5.75 Å². The molecule has 3 atom stereocenters. The van der Waals surface area contributed by atoms with Gasteiger partial charge in [0.1, 0.15) is 5.75 Å². The highest BCUT2D eigenvalue weighted by Crippen LogP contribution is 2.40. The second-order valence-corrected chi connectivity index (χ2v) is 7.71. The number of ether oxygens (including phenoxy) is 1. The van der Waals surface area contributed by atoms with E-state index in [2.05, 4.69) is 53.7 Å². The van der Waals surface area contributed by atoms with Crippen molar-refractivity contribution in [3.8, 4) is 5.75 Å². The van der Waals surface area contributed by atoms with Gasteiger partial charge in [0.25, 0.3) is 0 Å². The Morgan fingerprint density at radius 1 is 1.29 bits per heavy atom. The summed E-state index contributed by atoms with van der Waals surface area (Å²) in [5, 5.41) is 4.99. The summed E-state index contributed by atoms with van der Waals surface area (Å²) in [6, 6.07) is 2.50. The fourth-order valence-electron chi connectivity index (χ4n) is 2.74. The number of pyridine rings is 1. The van der Waals surface area contributed by atoms with Crippen molar-refractivity contribution in [3.05, 3.63) is 24.0 Å². The lowest BCUT2D eigenvalue weighted by Crippen LogP contribution is -2.38. The molecule has 118 valence electrons. The van der Waals surface area contributed by atoms with Gasteiger partial charge in [0.15, 0.2) is 0 Å². The van der Waals surface area contributed by atoms with Crippen LogP contribution in [0, 0.1) is 0 Å². The Balaban J connectivity index is 2.22. The fourth-order valence-corrected chi connectivity index (χ4v) is 5.99. The molecular formula is C16H26N2OS2. The zero-order valence-corrected chi connectivity index (χ0v) is 14.8. The smallest absolute Gasteiger partial charge is 0.137 e. The van der Waals surface area contributed by atoms with Crippen molar-refractivity contribution in [3.63, 3.8) is 0 Å². The van der Waals surface area contributed by atoms with Gasteiger partial charge in [-0.1, -0.05) is 13.8 Å². The van der Waals surface area contributed by atoms with Crippen molar-refractivity contribution in [1.82, 2.24) is 10.3 Å². The van der Waals surface area contributed by atoms with Gasteiger partial charge in [-0.15, -0.1) is 0 Å². The Hall–Kier alpha value is -0.390. The maximum Gasteiger partial charge on any atom is 0.137 e. The van der Waals surface area contributed by atoms with Gasteiger partial charge < -0.3 is 10.1 Å². The maximum absolute atomic E-state index is 5.61. The topological polar surface area (TPSA) is 34.2 Å². The molecule has 3 unspecified atom stereocenters. The lowest BCUT2D eigenvalue weighted by Gasteiger charge is -2.36. The number of rotatable bonds is 7. The average Bonchev–Trinajstić information content (AvgIpc) is 2.53. The van der Waals surface area contributed by atoms with Crippen LogP contribution in [-0.2, 0) is 0 Å². The molecule has 2 heterocycles. The van der Waals surface area contributed by atoms with Gasteiger partial charge in [-0.3, -0.25) is 4.98 Å². The first-order chi connectivity index (χ1) is 10.3. The van der Waals surface area contributed by atoms with Gasteiger partial charge in [0.2, 0.25) is 0 Å². The Morgan fingerprint density at radius 3 is 2.81 bits per heavy atom. The third kappa shape index (κ3) is 4.54. The fraction of sp³-hybridized carbons (Fsp3) is 0.688. The summed E-state index contributed by atoms with van der Waals surface area (Å²) in [4.78, 5) is 4.37. The van der Waals surface area contributed by atoms with Gasteiger partial charge in [-0.2, -0.15) is 23.5 Å². The predicted octanol–water partition coefficient (Wildman–Crippen LogP) is 3.76. The van der Waals surface area contributed by atoms with Crippen LogP contribution in [0.4, 0.5) is 0 Å². The van der Waals surface area contributed by atoms with E-state index < -0.39 is 0 Å². The molecule has 1 aliphatic heterocycles. The summed E-state index contributed by atoms with van der Waals surface area (Å²) in [7, 11) is 0. The van der Waals surface area contributed by atoms with E-state index in [1.165, 1.54) is 23.5 Å². The molecule has 0 aromatic carbocycles. The summed E-state index contributed by atoms with van der Waals surface area (Å²) >= 11 is 4.23. The molecule has 1 N–H and O–H groups in total.